The molecule has 0 atom stereocenters. The van der Waals surface area contributed by atoms with E-state index in [1.165, 1.54) is 18.0 Å². The summed E-state index contributed by atoms with van der Waals surface area (Å²) < 4.78 is 25.2. The number of nitrogens with two attached hydrogens (primary N) is 1. The van der Waals surface area contributed by atoms with E-state index in [9.17, 15) is 9.59 Å². The van der Waals surface area contributed by atoms with Gasteiger partial charge in [0.2, 0.25) is 5.95 Å². The molecule has 0 radical (unpaired) electrons. The van der Waals surface area contributed by atoms with Crippen molar-refractivity contribution in [2.24, 2.45) is 7.05 Å². The van der Waals surface area contributed by atoms with Crippen molar-refractivity contribution >= 4 is 45.9 Å². The number of anilines is 4. The number of hydrogen-bond donors (Lipinski definition) is 6. The number of aromatic nitrogens is 4. The Kier molecular flexibility index (Phi) is 21.8. The fourth-order valence-corrected chi connectivity index (χ4v) is 6.61. The van der Waals surface area contributed by atoms with Gasteiger partial charge in [-0.2, -0.15) is 0 Å². The lowest BCUT2D eigenvalue weighted by atomic mass is 10.2. The van der Waals surface area contributed by atoms with Gasteiger partial charge in [0, 0.05) is 83.7 Å². The van der Waals surface area contributed by atoms with Crippen molar-refractivity contribution in [2.45, 2.75) is 21.8 Å². The molecule has 3 heterocycles. The molecular formula is C57H63N9O7. The highest BCUT2D eigenvalue weighted by Gasteiger charge is 2.13. The van der Waals surface area contributed by atoms with E-state index in [1.807, 2.05) is 139 Å². The van der Waals surface area contributed by atoms with Crippen LogP contribution in [0.2, 0.25) is 0 Å². The highest BCUT2D eigenvalue weighted by atomic mass is 16.5. The Morgan fingerprint density at radius 2 is 1.00 bits per heavy atom. The first-order chi connectivity index (χ1) is 34.6. The van der Waals surface area contributed by atoms with Crippen molar-refractivity contribution < 1.29 is 33.6 Å². The van der Waals surface area contributed by atoms with Crippen molar-refractivity contribution in [1.29, 1.82) is 0 Å². The maximum atomic E-state index is 11.8. The van der Waals surface area contributed by atoms with E-state index < -0.39 is 0 Å². The van der Waals surface area contributed by atoms with E-state index in [4.69, 9.17) is 34.8 Å². The third kappa shape index (κ3) is 16.3. The van der Waals surface area contributed by atoms with Crippen molar-refractivity contribution in [3.63, 3.8) is 0 Å². The van der Waals surface area contributed by atoms with E-state index in [0.29, 0.717) is 40.3 Å². The number of ether oxygens (including phenoxy) is 4. The Balaban J connectivity index is 0.000000257. The minimum Gasteiger partial charge on any atom is -0.457 e. The van der Waals surface area contributed by atoms with Crippen molar-refractivity contribution in [3.8, 4) is 46.0 Å². The van der Waals surface area contributed by atoms with Crippen LogP contribution < -0.4 is 45.9 Å². The van der Waals surface area contributed by atoms with Crippen LogP contribution in [0, 0.1) is 6.92 Å². The Hall–Kier alpha value is -9.41. The molecule has 16 nitrogen and oxygen atoms in total. The summed E-state index contributed by atoms with van der Waals surface area (Å²) >= 11 is 0. The molecule has 0 fully saturated rings. The number of aliphatic hydroxyl groups is 1. The molecule has 16 heteroatoms. The predicted octanol–water partition coefficient (Wildman–Crippen LogP) is 12.2. The number of imidazole rings is 1. The van der Waals surface area contributed by atoms with Crippen LogP contribution in [0.1, 0.15) is 41.4 Å². The molecule has 0 saturated heterocycles. The Bertz CT molecular complexity index is 3150. The number of nitrogens with one attached hydrogen (secondary N) is 4. The number of pyridine rings is 2. The molecule has 3 aromatic heterocycles. The predicted molar refractivity (Wildman–Crippen MR) is 292 cm³/mol. The van der Waals surface area contributed by atoms with Crippen LogP contribution in [-0.4, -0.2) is 64.7 Å². The van der Waals surface area contributed by atoms with Gasteiger partial charge in [-0.1, -0.05) is 69.5 Å². The molecule has 73 heavy (non-hydrogen) atoms. The van der Waals surface area contributed by atoms with Crippen LogP contribution >= 0.6 is 0 Å². The molecule has 7 N–H and O–H groups in total. The zero-order valence-electron chi connectivity index (χ0n) is 40.1. The van der Waals surface area contributed by atoms with Gasteiger partial charge in [-0.15, -0.1) is 0 Å². The monoisotopic (exact) mass is 985 g/mol. The van der Waals surface area contributed by atoms with E-state index in [0.717, 1.165) is 52.5 Å². The van der Waals surface area contributed by atoms with Crippen LogP contribution in [0.3, 0.4) is 0 Å². The minimum absolute atomic E-state index is 0. The van der Waals surface area contributed by atoms with Gasteiger partial charge >= 0.3 is 0 Å². The fraction of sp³-hybridized carbons (Fsp3) is 0.140. The number of amides is 2. The lowest BCUT2D eigenvalue weighted by Crippen LogP contribution is -2.18. The van der Waals surface area contributed by atoms with Crippen molar-refractivity contribution in [3.05, 3.63) is 199 Å². The molecule has 0 aliphatic heterocycles. The van der Waals surface area contributed by atoms with E-state index in [1.54, 1.807) is 57.5 Å². The summed E-state index contributed by atoms with van der Waals surface area (Å²) in [4.78, 5) is 36.1. The second-order valence-corrected chi connectivity index (χ2v) is 15.1. The maximum absolute atomic E-state index is 11.8. The smallest absolute Gasteiger partial charge is 0.269 e. The molecule has 378 valence electrons. The van der Waals surface area contributed by atoms with Gasteiger partial charge in [0.05, 0.1) is 22.4 Å². The number of aryl methyl sites for hydroxylation is 2. The summed E-state index contributed by atoms with van der Waals surface area (Å²) in [5.74, 6) is 5.64. The quantitative estimate of drug-likeness (QED) is 0.0595. The second kappa shape index (κ2) is 28.3. The second-order valence-electron chi connectivity index (χ2n) is 15.1. The van der Waals surface area contributed by atoms with Gasteiger partial charge in [-0.3, -0.25) is 19.6 Å². The summed E-state index contributed by atoms with van der Waals surface area (Å²) in [6.45, 7) is 2.05. The molecule has 6 aromatic carbocycles. The van der Waals surface area contributed by atoms with Gasteiger partial charge in [0.25, 0.3) is 11.8 Å². The molecule has 0 aliphatic carbocycles. The Labute approximate surface area is 426 Å². The maximum Gasteiger partial charge on any atom is 0.269 e. The highest BCUT2D eigenvalue weighted by Crippen LogP contribution is 2.31. The average Bonchev–Trinajstić information content (AvgIpc) is 3.70. The molecule has 0 saturated carbocycles. The largest absolute Gasteiger partial charge is 0.457 e. The molecular weight excluding hydrogens is 923 g/mol. The first-order valence-electron chi connectivity index (χ1n) is 22.2. The van der Waals surface area contributed by atoms with Crippen LogP contribution in [0.4, 0.5) is 23.0 Å². The summed E-state index contributed by atoms with van der Waals surface area (Å²) in [5.41, 5.74) is 11.6. The van der Waals surface area contributed by atoms with Gasteiger partial charge in [-0.25, -0.2) is 4.98 Å². The Morgan fingerprint density at radius 3 is 1.52 bits per heavy atom. The van der Waals surface area contributed by atoms with Crippen molar-refractivity contribution in [2.75, 3.05) is 44.6 Å². The number of rotatable bonds is 13. The zero-order valence-corrected chi connectivity index (χ0v) is 40.1. The van der Waals surface area contributed by atoms with E-state index in [-0.39, 0.29) is 32.4 Å². The molecule has 9 aromatic rings. The van der Waals surface area contributed by atoms with E-state index >= 15 is 0 Å². The van der Waals surface area contributed by atoms with E-state index in [2.05, 4.69) is 44.2 Å². The number of hydrogen-bond acceptors (Lipinski definition) is 13. The Morgan fingerprint density at radius 1 is 0.534 bits per heavy atom. The number of carbonyl (C=O) groups excluding carboxylic acids is 2. The number of aliphatic hydroxyl groups excluding tert-OH is 1. The highest BCUT2D eigenvalue weighted by molar-refractivity contribution is 5.93. The first-order valence-corrected chi connectivity index (χ1v) is 22.2. The molecule has 0 unspecified atom stereocenters. The normalized spacial score (nSPS) is 9.79. The van der Waals surface area contributed by atoms with Gasteiger partial charge in [0.1, 0.15) is 57.4 Å². The van der Waals surface area contributed by atoms with Gasteiger partial charge < -0.3 is 55.6 Å². The molecule has 0 spiro atoms. The van der Waals surface area contributed by atoms with Crippen LogP contribution in [0.15, 0.2) is 182 Å². The summed E-state index contributed by atoms with van der Waals surface area (Å²) in [7, 11) is 7.85. The summed E-state index contributed by atoms with van der Waals surface area (Å²) in [6.07, 6.45) is 3.06. The molecule has 9 rings (SSSR count). The SMILES string of the molecule is C.C.CNC(=O)c1cc(Oc2ccc(NC)c(N)c2)ccn1.CNC(=O)c1cc(Oc2ccc3c(c2)nc(Nc2cccc(Oc4ccccc4)c2)n3C)ccn1.CO.Cc1cccc(Oc2ccccc2)c1. The summed E-state index contributed by atoms with van der Waals surface area (Å²) in [5, 5.41) is 18.4. The lowest BCUT2D eigenvalue weighted by molar-refractivity contribution is 0.0950. The first kappa shape index (κ1) is 56.2. The average molecular weight is 986 g/mol. The number of carbonyl (C=O) groups is 2. The summed E-state index contributed by atoms with van der Waals surface area (Å²) in [6, 6.07) is 52.7. The number of nitrogens with zero attached hydrogens (tertiary/aromatic N) is 4. The molecule has 0 aliphatic rings. The number of benzene rings is 6. The fourth-order valence-electron chi connectivity index (χ4n) is 6.61. The molecule has 0 bridgehead atoms. The van der Waals surface area contributed by atoms with Crippen molar-refractivity contribution in [1.82, 2.24) is 30.2 Å². The molecule has 2 amide bonds. The minimum atomic E-state index is -0.274. The third-order valence-electron chi connectivity index (χ3n) is 10.0. The van der Waals surface area contributed by atoms with Gasteiger partial charge in [-0.05, 0) is 97.4 Å². The number of fused-ring (bicyclic) bond motifs is 1. The third-order valence-corrected chi connectivity index (χ3v) is 10.0. The zero-order chi connectivity index (χ0) is 50.5. The topological polar surface area (TPSA) is 209 Å². The number of nitrogen functional groups attached to an aromatic ring is 1. The van der Waals surface area contributed by atoms with Crippen LogP contribution in [0.25, 0.3) is 11.0 Å². The number of para-hydroxylation sites is 2. The lowest BCUT2D eigenvalue weighted by Gasteiger charge is -2.10. The van der Waals surface area contributed by atoms with Crippen LogP contribution in [-0.2, 0) is 7.05 Å². The standard InChI is InChI=1S/C27H23N5O3.C14H16N4O2.C13H12O.CH4O.2CH4/c1-28-26(33)24-17-22(13-14-29-24)35-21-11-12-25-23(16-21)31-27(32(25)2)30-18-7-6-10-20(15-18)34-19-8-4-3-5-9-19;1-16-12-4-3-9(7-11(12)15)20-10-5-6-18-13(8-10)14(19)17-2;1-11-6-5-9-13(10-11)14-12-7-3-2-4-8-12;1-2;;/h3-17H,1-2H3,(H,28,33)(H,30,31);3-8,16H,15H2,1-2H3,(H,17,19);2-10H,1H3;2H,1H3;2*1H4. The van der Waals surface area contributed by atoms with Gasteiger partial charge in [0.15, 0.2) is 0 Å². The van der Waals surface area contributed by atoms with Crippen LogP contribution in [0.5, 0.6) is 46.0 Å².